The maximum absolute atomic E-state index is 9.42. The summed E-state index contributed by atoms with van der Waals surface area (Å²) < 4.78 is 6.21. The second-order valence-corrected chi connectivity index (χ2v) is 6.33. The average molecular weight is 308 g/mol. The Balaban J connectivity index is 2.48. The van der Waals surface area contributed by atoms with Crippen LogP contribution >= 0.6 is 27.3 Å². The SMILES string of the molecule is COCCN(Cc1ccc(Br)s1)C[C@H](C)O. The number of nitrogens with zero attached hydrogens (tertiary/aromatic N) is 1. The summed E-state index contributed by atoms with van der Waals surface area (Å²) in [6.45, 7) is 4.89. The topological polar surface area (TPSA) is 32.7 Å². The van der Waals surface area contributed by atoms with Gasteiger partial charge in [-0.05, 0) is 35.0 Å². The van der Waals surface area contributed by atoms with Gasteiger partial charge in [-0.2, -0.15) is 0 Å². The van der Waals surface area contributed by atoms with Crippen molar-refractivity contribution >= 4 is 27.3 Å². The fourth-order valence-electron chi connectivity index (χ4n) is 1.49. The number of hydrogen-bond donors (Lipinski definition) is 1. The largest absolute Gasteiger partial charge is 0.392 e. The molecule has 0 spiro atoms. The van der Waals surface area contributed by atoms with Crippen LogP contribution in [0.1, 0.15) is 11.8 Å². The van der Waals surface area contributed by atoms with Gasteiger partial charge in [0.05, 0.1) is 16.5 Å². The zero-order chi connectivity index (χ0) is 12.0. The predicted molar refractivity (Wildman–Crippen MR) is 70.9 cm³/mol. The smallest absolute Gasteiger partial charge is 0.0701 e. The predicted octanol–water partition coefficient (Wildman–Crippen LogP) is 2.34. The summed E-state index contributed by atoms with van der Waals surface area (Å²) in [4.78, 5) is 3.50. The van der Waals surface area contributed by atoms with Crippen LogP contribution in [0.4, 0.5) is 0 Å². The average Bonchev–Trinajstić information content (AvgIpc) is 2.59. The number of halogens is 1. The Bertz CT molecular complexity index is 304. The molecule has 0 aliphatic rings. The van der Waals surface area contributed by atoms with Crippen molar-refractivity contribution in [3.05, 3.63) is 20.8 Å². The van der Waals surface area contributed by atoms with E-state index >= 15 is 0 Å². The summed E-state index contributed by atoms with van der Waals surface area (Å²) in [5, 5.41) is 9.42. The molecule has 0 fully saturated rings. The maximum Gasteiger partial charge on any atom is 0.0701 e. The molecule has 1 aromatic rings. The standard InChI is InChI=1S/C11H18BrNO2S/c1-9(14)7-13(5-6-15-2)8-10-3-4-11(12)16-10/h3-4,9,14H,5-8H2,1-2H3/t9-/m0/s1. The van der Waals surface area contributed by atoms with E-state index in [1.54, 1.807) is 18.4 Å². The molecule has 0 amide bonds. The lowest BCUT2D eigenvalue weighted by Gasteiger charge is -2.22. The highest BCUT2D eigenvalue weighted by atomic mass is 79.9. The number of aliphatic hydroxyl groups excluding tert-OH is 1. The molecule has 1 heterocycles. The summed E-state index contributed by atoms with van der Waals surface area (Å²) in [6.07, 6.45) is -0.305. The fourth-order valence-corrected chi connectivity index (χ4v) is 3.01. The Morgan fingerprint density at radius 2 is 2.31 bits per heavy atom. The highest BCUT2D eigenvalue weighted by Gasteiger charge is 2.10. The molecule has 0 unspecified atom stereocenters. The van der Waals surface area contributed by atoms with Crippen molar-refractivity contribution in [1.82, 2.24) is 4.90 Å². The molecule has 16 heavy (non-hydrogen) atoms. The van der Waals surface area contributed by atoms with Crippen molar-refractivity contribution in [3.63, 3.8) is 0 Å². The second kappa shape index (κ2) is 7.40. The Morgan fingerprint density at radius 3 is 2.81 bits per heavy atom. The minimum absolute atomic E-state index is 0.305. The molecule has 0 aromatic carbocycles. The van der Waals surface area contributed by atoms with Gasteiger partial charge in [-0.15, -0.1) is 11.3 Å². The number of rotatable bonds is 7. The Kier molecular flexibility index (Phi) is 6.53. The lowest BCUT2D eigenvalue weighted by molar-refractivity contribution is 0.0945. The van der Waals surface area contributed by atoms with E-state index in [0.29, 0.717) is 13.2 Å². The van der Waals surface area contributed by atoms with Crippen molar-refractivity contribution in [2.75, 3.05) is 26.8 Å². The zero-order valence-corrected chi connectivity index (χ0v) is 12.1. The molecule has 1 aromatic heterocycles. The highest BCUT2D eigenvalue weighted by molar-refractivity contribution is 9.11. The number of methoxy groups -OCH3 is 1. The van der Waals surface area contributed by atoms with Gasteiger partial charge in [0.2, 0.25) is 0 Å². The van der Waals surface area contributed by atoms with Crippen LogP contribution in [0.2, 0.25) is 0 Å². The van der Waals surface area contributed by atoms with E-state index in [9.17, 15) is 5.11 Å². The van der Waals surface area contributed by atoms with Gasteiger partial charge in [-0.3, -0.25) is 4.90 Å². The third kappa shape index (κ3) is 5.41. The van der Waals surface area contributed by atoms with Crippen LogP contribution in [0, 0.1) is 0 Å². The summed E-state index contributed by atoms with van der Waals surface area (Å²) in [5.74, 6) is 0. The third-order valence-corrected chi connectivity index (χ3v) is 3.75. The molecule has 0 saturated heterocycles. The number of hydrogen-bond acceptors (Lipinski definition) is 4. The van der Waals surface area contributed by atoms with Crippen molar-refractivity contribution in [1.29, 1.82) is 0 Å². The monoisotopic (exact) mass is 307 g/mol. The lowest BCUT2D eigenvalue weighted by atomic mass is 10.3. The van der Waals surface area contributed by atoms with Gasteiger partial charge in [-0.25, -0.2) is 0 Å². The van der Waals surface area contributed by atoms with Crippen LogP contribution in [0.15, 0.2) is 15.9 Å². The lowest BCUT2D eigenvalue weighted by Crippen LogP contribution is -2.33. The Morgan fingerprint density at radius 1 is 1.56 bits per heavy atom. The first-order valence-electron chi connectivity index (χ1n) is 5.25. The molecule has 1 N–H and O–H groups in total. The fraction of sp³-hybridized carbons (Fsp3) is 0.636. The zero-order valence-electron chi connectivity index (χ0n) is 9.65. The normalized spacial score (nSPS) is 13.3. The van der Waals surface area contributed by atoms with Crippen LogP contribution in [-0.4, -0.2) is 42.9 Å². The van der Waals surface area contributed by atoms with Crippen molar-refractivity contribution in [2.24, 2.45) is 0 Å². The summed E-state index contributed by atoms with van der Waals surface area (Å²) in [6, 6.07) is 4.16. The van der Waals surface area contributed by atoms with Gasteiger partial charge in [-0.1, -0.05) is 0 Å². The van der Waals surface area contributed by atoms with Crippen LogP contribution in [0.3, 0.4) is 0 Å². The van der Waals surface area contributed by atoms with E-state index in [-0.39, 0.29) is 6.10 Å². The minimum Gasteiger partial charge on any atom is -0.392 e. The second-order valence-electron chi connectivity index (χ2n) is 3.78. The molecule has 1 atom stereocenters. The first kappa shape index (κ1) is 14.1. The molecular weight excluding hydrogens is 290 g/mol. The van der Waals surface area contributed by atoms with E-state index in [0.717, 1.165) is 16.9 Å². The number of thiophene rings is 1. The van der Waals surface area contributed by atoms with Crippen LogP contribution in [-0.2, 0) is 11.3 Å². The van der Waals surface area contributed by atoms with Gasteiger partial charge in [0, 0.05) is 31.6 Å². The van der Waals surface area contributed by atoms with Crippen LogP contribution in [0.5, 0.6) is 0 Å². The van der Waals surface area contributed by atoms with Gasteiger partial charge in [0.25, 0.3) is 0 Å². The molecule has 5 heteroatoms. The highest BCUT2D eigenvalue weighted by Crippen LogP contribution is 2.23. The first-order valence-corrected chi connectivity index (χ1v) is 6.86. The Labute approximate surface area is 109 Å². The molecule has 3 nitrogen and oxygen atoms in total. The van der Waals surface area contributed by atoms with E-state index in [1.807, 2.05) is 6.92 Å². The van der Waals surface area contributed by atoms with Crippen molar-refractivity contribution in [3.8, 4) is 0 Å². The Hall–Kier alpha value is 0.0600. The van der Waals surface area contributed by atoms with Crippen molar-refractivity contribution in [2.45, 2.75) is 19.6 Å². The quantitative estimate of drug-likeness (QED) is 0.839. The molecule has 0 aliphatic carbocycles. The van der Waals surface area contributed by atoms with Crippen LogP contribution < -0.4 is 0 Å². The first-order chi connectivity index (χ1) is 7.61. The summed E-state index contributed by atoms with van der Waals surface area (Å²) in [5.41, 5.74) is 0. The van der Waals surface area contributed by atoms with Gasteiger partial charge < -0.3 is 9.84 Å². The number of aliphatic hydroxyl groups is 1. The summed E-state index contributed by atoms with van der Waals surface area (Å²) in [7, 11) is 1.70. The van der Waals surface area contributed by atoms with Crippen LogP contribution in [0.25, 0.3) is 0 Å². The molecule has 0 radical (unpaired) electrons. The van der Waals surface area contributed by atoms with E-state index in [1.165, 1.54) is 4.88 Å². The molecule has 0 bridgehead atoms. The molecule has 92 valence electrons. The molecular formula is C11H18BrNO2S. The third-order valence-electron chi connectivity index (χ3n) is 2.14. The number of ether oxygens (including phenoxy) is 1. The maximum atomic E-state index is 9.42. The molecule has 1 rings (SSSR count). The molecule has 0 saturated carbocycles. The van der Waals surface area contributed by atoms with E-state index in [4.69, 9.17) is 4.74 Å². The van der Waals surface area contributed by atoms with Gasteiger partial charge >= 0.3 is 0 Å². The van der Waals surface area contributed by atoms with E-state index in [2.05, 4.69) is 33.0 Å². The van der Waals surface area contributed by atoms with Crippen molar-refractivity contribution < 1.29 is 9.84 Å². The van der Waals surface area contributed by atoms with E-state index < -0.39 is 0 Å². The summed E-state index contributed by atoms with van der Waals surface area (Å²) >= 11 is 5.18. The molecule has 0 aliphatic heterocycles. The van der Waals surface area contributed by atoms with Gasteiger partial charge in [0.15, 0.2) is 0 Å². The minimum atomic E-state index is -0.305. The van der Waals surface area contributed by atoms with Gasteiger partial charge in [0.1, 0.15) is 0 Å².